The van der Waals surface area contributed by atoms with E-state index in [1.54, 1.807) is 0 Å². The first-order valence-corrected chi connectivity index (χ1v) is 11.4. The number of nitrogens with zero attached hydrogens (tertiary/aromatic N) is 2. The second-order valence-corrected chi connectivity index (χ2v) is 9.68. The van der Waals surface area contributed by atoms with Gasteiger partial charge >= 0.3 is 0 Å². The predicted molar refractivity (Wildman–Crippen MR) is 114 cm³/mol. The third kappa shape index (κ3) is 4.60. The van der Waals surface area contributed by atoms with Crippen molar-refractivity contribution in [3.05, 3.63) is 35.9 Å². The lowest BCUT2D eigenvalue weighted by Crippen LogP contribution is -2.50. The summed E-state index contributed by atoms with van der Waals surface area (Å²) < 4.78 is 0. The molecule has 1 amide bonds. The van der Waals surface area contributed by atoms with E-state index in [0.717, 1.165) is 44.9 Å². The Hall–Kier alpha value is -1.39. The molecule has 1 aromatic rings. The summed E-state index contributed by atoms with van der Waals surface area (Å²) in [7, 11) is 0. The number of fused-ring (bicyclic) bond motifs is 1. The number of carbonyl (C=O) groups excluding carboxylic acids is 1. The minimum atomic E-state index is 0.0726. The van der Waals surface area contributed by atoms with Gasteiger partial charge in [-0.05, 0) is 68.5 Å². The third-order valence-corrected chi connectivity index (χ3v) is 7.09. The van der Waals surface area contributed by atoms with Crippen molar-refractivity contribution in [2.45, 2.75) is 64.6 Å². The van der Waals surface area contributed by atoms with Gasteiger partial charge in [0.25, 0.3) is 0 Å². The molecular weight excluding hydrogens is 346 g/mol. The fourth-order valence-corrected chi connectivity index (χ4v) is 5.71. The van der Waals surface area contributed by atoms with E-state index in [1.807, 2.05) is 0 Å². The van der Waals surface area contributed by atoms with Crippen LogP contribution in [0.2, 0.25) is 0 Å². The maximum atomic E-state index is 13.2. The van der Waals surface area contributed by atoms with Crippen LogP contribution < -0.4 is 5.32 Å². The first-order valence-electron chi connectivity index (χ1n) is 11.4. The molecule has 1 unspecified atom stereocenters. The van der Waals surface area contributed by atoms with Crippen molar-refractivity contribution >= 4 is 5.91 Å². The highest BCUT2D eigenvalue weighted by Crippen LogP contribution is 2.39. The van der Waals surface area contributed by atoms with E-state index >= 15 is 0 Å². The quantitative estimate of drug-likeness (QED) is 0.782. The molecule has 2 heterocycles. The zero-order valence-corrected chi connectivity index (χ0v) is 17.6. The minimum absolute atomic E-state index is 0.0726. The van der Waals surface area contributed by atoms with E-state index in [0.29, 0.717) is 23.8 Å². The molecule has 28 heavy (non-hydrogen) atoms. The van der Waals surface area contributed by atoms with Crippen molar-refractivity contribution < 1.29 is 4.79 Å². The second kappa shape index (κ2) is 8.96. The van der Waals surface area contributed by atoms with Crippen molar-refractivity contribution in [1.82, 2.24) is 15.1 Å². The lowest BCUT2D eigenvalue weighted by molar-refractivity contribution is -0.127. The van der Waals surface area contributed by atoms with Gasteiger partial charge in [0.1, 0.15) is 0 Å². The Balaban J connectivity index is 1.35. The molecule has 0 aromatic heterocycles. The molecule has 3 fully saturated rings. The molecule has 4 heteroatoms. The molecule has 1 saturated carbocycles. The van der Waals surface area contributed by atoms with Gasteiger partial charge in [-0.1, -0.05) is 44.2 Å². The fraction of sp³-hybridized carbons (Fsp3) is 0.708. The van der Waals surface area contributed by atoms with Crippen LogP contribution in [0.3, 0.4) is 0 Å². The lowest BCUT2D eigenvalue weighted by Gasteiger charge is -2.30. The molecule has 3 aliphatic rings. The Morgan fingerprint density at radius 2 is 1.86 bits per heavy atom. The number of amides is 1. The molecule has 4 rings (SSSR count). The Labute approximate surface area is 170 Å². The SMILES string of the molecule is CC(C)CC(C(=O)N[C@@H]1CC[C@H]2CN(Cc3ccccc3)C[C@H]21)N1CCCC1. The van der Waals surface area contributed by atoms with Crippen LogP contribution in [0.4, 0.5) is 0 Å². The Bertz CT molecular complexity index is 641. The van der Waals surface area contributed by atoms with Crippen LogP contribution in [-0.2, 0) is 11.3 Å². The van der Waals surface area contributed by atoms with Gasteiger partial charge in [-0.3, -0.25) is 14.6 Å². The molecule has 0 bridgehead atoms. The van der Waals surface area contributed by atoms with E-state index in [9.17, 15) is 4.79 Å². The Morgan fingerprint density at radius 1 is 1.11 bits per heavy atom. The van der Waals surface area contributed by atoms with E-state index in [-0.39, 0.29) is 6.04 Å². The van der Waals surface area contributed by atoms with Crippen molar-refractivity contribution in [2.24, 2.45) is 17.8 Å². The standard InChI is InChI=1S/C24H37N3O/c1-18(2)14-23(27-12-6-7-13-27)24(28)25-22-11-10-20-16-26(17-21(20)22)15-19-8-4-3-5-9-19/h3-5,8-9,18,20-23H,6-7,10-17H2,1-2H3,(H,25,28)/t20-,21+,22+,23?/m0/s1. The maximum Gasteiger partial charge on any atom is 0.237 e. The number of benzene rings is 1. The topological polar surface area (TPSA) is 35.6 Å². The summed E-state index contributed by atoms with van der Waals surface area (Å²) >= 11 is 0. The summed E-state index contributed by atoms with van der Waals surface area (Å²) in [5.74, 6) is 2.23. The fourth-order valence-electron chi connectivity index (χ4n) is 5.71. The Kier molecular flexibility index (Phi) is 6.37. The van der Waals surface area contributed by atoms with Crippen molar-refractivity contribution in [1.29, 1.82) is 0 Å². The van der Waals surface area contributed by atoms with Crippen LogP contribution in [0.25, 0.3) is 0 Å². The van der Waals surface area contributed by atoms with Crippen LogP contribution in [0.5, 0.6) is 0 Å². The van der Waals surface area contributed by atoms with Gasteiger partial charge in [0.2, 0.25) is 5.91 Å². The average molecular weight is 384 g/mol. The molecular formula is C24H37N3O. The Morgan fingerprint density at radius 3 is 2.57 bits per heavy atom. The van der Waals surface area contributed by atoms with Crippen molar-refractivity contribution in [2.75, 3.05) is 26.2 Å². The van der Waals surface area contributed by atoms with Crippen LogP contribution in [0, 0.1) is 17.8 Å². The first-order chi connectivity index (χ1) is 13.6. The summed E-state index contributed by atoms with van der Waals surface area (Å²) in [6.45, 7) is 10.0. The summed E-state index contributed by atoms with van der Waals surface area (Å²) in [5.41, 5.74) is 1.40. The van der Waals surface area contributed by atoms with Crippen molar-refractivity contribution in [3.8, 4) is 0 Å². The highest BCUT2D eigenvalue weighted by molar-refractivity contribution is 5.82. The summed E-state index contributed by atoms with van der Waals surface area (Å²) in [5, 5.41) is 3.51. The van der Waals surface area contributed by atoms with Crippen LogP contribution in [0.15, 0.2) is 30.3 Å². The molecule has 1 N–H and O–H groups in total. The molecule has 1 aromatic carbocycles. The summed E-state index contributed by atoms with van der Waals surface area (Å²) in [6.07, 6.45) is 5.88. The lowest BCUT2D eigenvalue weighted by atomic mass is 9.96. The molecule has 2 aliphatic heterocycles. The third-order valence-electron chi connectivity index (χ3n) is 7.09. The van der Waals surface area contributed by atoms with E-state index in [2.05, 4.69) is 59.3 Å². The highest BCUT2D eigenvalue weighted by atomic mass is 16.2. The number of rotatable bonds is 7. The van der Waals surface area contributed by atoms with Gasteiger partial charge in [-0.15, -0.1) is 0 Å². The zero-order chi connectivity index (χ0) is 19.5. The molecule has 0 radical (unpaired) electrons. The first kappa shape index (κ1) is 19.9. The van der Waals surface area contributed by atoms with Gasteiger partial charge in [0, 0.05) is 25.7 Å². The molecule has 2 saturated heterocycles. The van der Waals surface area contributed by atoms with Crippen LogP contribution in [-0.4, -0.2) is 54.0 Å². The number of hydrogen-bond acceptors (Lipinski definition) is 3. The number of nitrogens with one attached hydrogen (secondary N) is 1. The smallest absolute Gasteiger partial charge is 0.237 e. The van der Waals surface area contributed by atoms with Gasteiger partial charge in [0.05, 0.1) is 6.04 Å². The molecule has 0 spiro atoms. The number of carbonyl (C=O) groups is 1. The van der Waals surface area contributed by atoms with Gasteiger partial charge in [-0.2, -0.15) is 0 Å². The molecule has 154 valence electrons. The highest BCUT2D eigenvalue weighted by Gasteiger charge is 2.43. The molecule has 4 nitrogen and oxygen atoms in total. The minimum Gasteiger partial charge on any atom is -0.352 e. The summed E-state index contributed by atoms with van der Waals surface area (Å²) in [6, 6.07) is 11.2. The monoisotopic (exact) mass is 383 g/mol. The van der Waals surface area contributed by atoms with Gasteiger partial charge < -0.3 is 5.32 Å². The summed E-state index contributed by atoms with van der Waals surface area (Å²) in [4.78, 5) is 18.2. The normalized spacial score (nSPS) is 29.3. The number of hydrogen-bond donors (Lipinski definition) is 1. The average Bonchev–Trinajstić information content (AvgIpc) is 3.39. The molecule has 1 aliphatic carbocycles. The second-order valence-electron chi connectivity index (χ2n) is 9.68. The molecule has 4 atom stereocenters. The number of likely N-dealkylation sites (tertiary alicyclic amines) is 2. The van der Waals surface area contributed by atoms with Gasteiger partial charge in [-0.25, -0.2) is 0 Å². The largest absolute Gasteiger partial charge is 0.352 e. The van der Waals surface area contributed by atoms with Crippen LogP contribution >= 0.6 is 0 Å². The van der Waals surface area contributed by atoms with Crippen LogP contribution in [0.1, 0.15) is 51.5 Å². The van der Waals surface area contributed by atoms with Crippen molar-refractivity contribution in [3.63, 3.8) is 0 Å². The zero-order valence-electron chi connectivity index (χ0n) is 17.6. The van der Waals surface area contributed by atoms with E-state index in [1.165, 1.54) is 31.4 Å². The predicted octanol–water partition coefficient (Wildman–Crippen LogP) is 3.52. The van der Waals surface area contributed by atoms with Gasteiger partial charge in [0.15, 0.2) is 0 Å². The van der Waals surface area contributed by atoms with E-state index in [4.69, 9.17) is 0 Å². The maximum absolute atomic E-state index is 13.2. The van der Waals surface area contributed by atoms with E-state index < -0.39 is 0 Å².